The Labute approximate surface area is 161 Å². The Balaban J connectivity index is 2.30. The Kier molecular flexibility index (Phi) is 7.24. The molecule has 27 heavy (non-hydrogen) atoms. The lowest BCUT2D eigenvalue weighted by Gasteiger charge is -2.10. The number of carbonyl (C=O) groups is 1. The predicted molar refractivity (Wildman–Crippen MR) is 99.8 cm³/mol. The summed E-state index contributed by atoms with van der Waals surface area (Å²) in [7, 11) is 0. The summed E-state index contributed by atoms with van der Waals surface area (Å²) in [5, 5.41) is 0.314. The summed E-state index contributed by atoms with van der Waals surface area (Å²) in [6.07, 6.45) is 3.02. The lowest BCUT2D eigenvalue weighted by Crippen LogP contribution is -2.24. The monoisotopic (exact) mass is 396 g/mol. The third kappa shape index (κ3) is 5.23. The number of aliphatic imine (C=N–C) groups is 2. The second kappa shape index (κ2) is 9.41. The maximum Gasteiger partial charge on any atom is 0.355 e. The Morgan fingerprint density at radius 3 is 2.56 bits per heavy atom. The molecule has 0 saturated carbocycles. The summed E-state index contributed by atoms with van der Waals surface area (Å²) in [6.45, 7) is 4.88. The molecule has 0 amide bonds. The van der Waals surface area contributed by atoms with Crippen molar-refractivity contribution in [2.45, 2.75) is 33.4 Å². The van der Waals surface area contributed by atoms with E-state index < -0.39 is 30.3 Å². The van der Waals surface area contributed by atoms with Crippen molar-refractivity contribution < 1.29 is 23.0 Å². The molecule has 5 nitrogen and oxygen atoms in total. The average molecular weight is 397 g/mol. The van der Waals surface area contributed by atoms with Gasteiger partial charge in [-0.1, -0.05) is 23.7 Å². The number of hydrogen-bond donors (Lipinski definition) is 0. The normalized spacial score (nSPS) is 17.5. The first-order valence-corrected chi connectivity index (χ1v) is 8.68. The lowest BCUT2D eigenvalue weighted by molar-refractivity contribution is -0.135. The zero-order chi connectivity index (χ0) is 20.0. The van der Waals surface area contributed by atoms with Crippen LogP contribution in [0, 0.1) is 11.6 Å². The van der Waals surface area contributed by atoms with Crippen LogP contribution in [0.2, 0.25) is 0 Å². The van der Waals surface area contributed by atoms with Crippen LogP contribution in [0.3, 0.4) is 0 Å². The molecular weight excluding hydrogens is 378 g/mol. The van der Waals surface area contributed by atoms with Crippen LogP contribution in [0.5, 0.6) is 0 Å². The highest BCUT2D eigenvalue weighted by Gasteiger charge is 2.28. The third-order valence-electron chi connectivity index (χ3n) is 3.62. The molecule has 1 heterocycles. The van der Waals surface area contributed by atoms with Gasteiger partial charge in [0.05, 0.1) is 18.2 Å². The van der Waals surface area contributed by atoms with Gasteiger partial charge in [0.2, 0.25) is 0 Å². The minimum atomic E-state index is -0.732. The van der Waals surface area contributed by atoms with Crippen molar-refractivity contribution in [3.63, 3.8) is 0 Å². The van der Waals surface area contributed by atoms with Gasteiger partial charge < -0.3 is 9.47 Å². The summed E-state index contributed by atoms with van der Waals surface area (Å²) in [4.78, 5) is 20.4. The zero-order valence-corrected chi connectivity index (χ0v) is 15.9. The van der Waals surface area contributed by atoms with Gasteiger partial charge >= 0.3 is 5.97 Å². The second-order valence-electron chi connectivity index (χ2n) is 5.52. The maximum atomic E-state index is 13.8. The highest BCUT2D eigenvalue weighted by molar-refractivity contribution is 6.42. The minimum absolute atomic E-state index is 0.0897. The van der Waals surface area contributed by atoms with Crippen molar-refractivity contribution in [3.05, 3.63) is 58.3 Å². The molecule has 1 aromatic rings. The van der Waals surface area contributed by atoms with E-state index in [-0.39, 0.29) is 29.5 Å². The third-order valence-corrected chi connectivity index (χ3v) is 3.95. The van der Waals surface area contributed by atoms with Crippen LogP contribution < -0.4 is 0 Å². The molecule has 0 saturated heterocycles. The molecule has 1 aliphatic rings. The van der Waals surface area contributed by atoms with Gasteiger partial charge in [0.25, 0.3) is 0 Å². The van der Waals surface area contributed by atoms with Crippen LogP contribution in [-0.4, -0.2) is 30.2 Å². The van der Waals surface area contributed by atoms with Crippen LogP contribution in [-0.2, 0) is 20.9 Å². The highest BCUT2D eigenvalue weighted by atomic mass is 35.5. The SMILES string of the molecule is C/C=C(Cl)\C=C(\OCc1c(F)cccc1F)C1=NC(C)C(C(=O)OCC)=N1. The molecule has 2 rings (SSSR count). The highest BCUT2D eigenvalue weighted by Crippen LogP contribution is 2.20. The largest absolute Gasteiger partial charge is 0.485 e. The fourth-order valence-electron chi connectivity index (χ4n) is 2.22. The number of esters is 1. The van der Waals surface area contributed by atoms with Crippen molar-refractivity contribution >= 4 is 29.1 Å². The van der Waals surface area contributed by atoms with E-state index in [4.69, 9.17) is 21.1 Å². The van der Waals surface area contributed by atoms with Gasteiger partial charge in [-0.2, -0.15) is 0 Å². The van der Waals surface area contributed by atoms with E-state index in [9.17, 15) is 13.6 Å². The number of hydrogen-bond acceptors (Lipinski definition) is 5. The second-order valence-corrected chi connectivity index (χ2v) is 5.95. The van der Waals surface area contributed by atoms with Gasteiger partial charge in [-0.3, -0.25) is 4.99 Å². The quantitative estimate of drug-likeness (QED) is 0.392. The Morgan fingerprint density at radius 2 is 1.96 bits per heavy atom. The molecule has 1 aliphatic heterocycles. The van der Waals surface area contributed by atoms with Crippen molar-refractivity contribution in [1.82, 2.24) is 0 Å². The van der Waals surface area contributed by atoms with Crippen LogP contribution in [0.1, 0.15) is 26.3 Å². The van der Waals surface area contributed by atoms with Crippen molar-refractivity contribution in [3.8, 4) is 0 Å². The molecule has 0 spiro atoms. The minimum Gasteiger partial charge on any atom is -0.485 e. The fourth-order valence-corrected chi connectivity index (χ4v) is 2.32. The topological polar surface area (TPSA) is 60.2 Å². The number of allylic oxidation sites excluding steroid dienone is 3. The molecule has 0 fully saturated rings. The first kappa shape index (κ1) is 20.8. The van der Waals surface area contributed by atoms with Crippen LogP contribution in [0.15, 0.2) is 51.1 Å². The first-order valence-electron chi connectivity index (χ1n) is 8.30. The van der Waals surface area contributed by atoms with Crippen LogP contribution in [0.4, 0.5) is 8.78 Å². The molecule has 0 radical (unpaired) electrons. The standard InChI is InChI=1S/C19H19ClF2N2O3/c1-4-12(20)9-16(27-10-13-14(21)7-6-8-15(13)22)18-23-11(3)17(24-18)19(25)26-5-2/h4,6-9,11H,5,10H2,1-3H3/b12-4+,16-9+. The summed E-state index contributed by atoms with van der Waals surface area (Å²) in [6, 6.07) is 2.99. The maximum absolute atomic E-state index is 13.8. The van der Waals surface area contributed by atoms with E-state index in [1.807, 2.05) is 0 Å². The lowest BCUT2D eigenvalue weighted by atomic mass is 10.2. The zero-order valence-electron chi connectivity index (χ0n) is 15.1. The average Bonchev–Trinajstić information content (AvgIpc) is 3.02. The number of halogens is 3. The Morgan fingerprint density at radius 1 is 1.30 bits per heavy atom. The summed E-state index contributed by atoms with van der Waals surface area (Å²) < 4.78 is 38.1. The van der Waals surface area contributed by atoms with E-state index in [1.165, 1.54) is 12.1 Å². The Hall–Kier alpha value is -2.54. The van der Waals surface area contributed by atoms with Gasteiger partial charge in [0.15, 0.2) is 17.3 Å². The van der Waals surface area contributed by atoms with E-state index in [1.54, 1.807) is 26.8 Å². The molecule has 144 valence electrons. The molecular formula is C19H19ClF2N2O3. The molecule has 0 aliphatic carbocycles. The molecule has 0 bridgehead atoms. The van der Waals surface area contributed by atoms with Gasteiger partial charge in [0.1, 0.15) is 18.2 Å². The fraction of sp³-hybridized carbons (Fsp3) is 0.316. The number of benzene rings is 1. The summed E-state index contributed by atoms with van der Waals surface area (Å²) >= 11 is 6.03. The van der Waals surface area contributed by atoms with E-state index in [0.717, 1.165) is 12.1 Å². The first-order chi connectivity index (χ1) is 12.9. The van der Waals surface area contributed by atoms with Gasteiger partial charge in [-0.15, -0.1) is 0 Å². The number of carbonyl (C=O) groups excluding carboxylic acids is 1. The van der Waals surface area contributed by atoms with Crippen LogP contribution in [0.25, 0.3) is 0 Å². The smallest absolute Gasteiger partial charge is 0.355 e. The molecule has 1 unspecified atom stereocenters. The molecule has 0 aromatic heterocycles. The van der Waals surface area contributed by atoms with E-state index in [2.05, 4.69) is 9.98 Å². The van der Waals surface area contributed by atoms with Gasteiger partial charge in [-0.25, -0.2) is 18.6 Å². The summed E-state index contributed by atoms with van der Waals surface area (Å²) in [5.41, 5.74) is -0.115. The molecule has 0 N–H and O–H groups in total. The van der Waals surface area contributed by atoms with Crippen molar-refractivity contribution in [2.24, 2.45) is 9.98 Å². The Bertz CT molecular complexity index is 827. The van der Waals surface area contributed by atoms with Crippen molar-refractivity contribution in [1.29, 1.82) is 0 Å². The van der Waals surface area contributed by atoms with E-state index >= 15 is 0 Å². The van der Waals surface area contributed by atoms with Crippen LogP contribution >= 0.6 is 11.6 Å². The predicted octanol–water partition coefficient (Wildman–Crippen LogP) is 4.31. The molecule has 1 atom stereocenters. The number of amidine groups is 1. The van der Waals surface area contributed by atoms with Gasteiger partial charge in [-0.05, 0) is 32.9 Å². The number of ether oxygens (including phenoxy) is 2. The summed E-state index contributed by atoms with van der Waals surface area (Å²) in [5.74, 6) is -1.86. The molecule has 1 aromatic carbocycles. The van der Waals surface area contributed by atoms with Crippen molar-refractivity contribution in [2.75, 3.05) is 6.61 Å². The number of rotatable bonds is 7. The van der Waals surface area contributed by atoms with E-state index in [0.29, 0.717) is 5.03 Å². The van der Waals surface area contributed by atoms with Gasteiger partial charge in [0, 0.05) is 11.1 Å². The molecule has 8 heteroatoms. The number of nitrogens with zero attached hydrogens (tertiary/aromatic N) is 2.